The molecule has 0 radical (unpaired) electrons. The number of nitrogens with zero attached hydrogens (tertiary/aromatic N) is 1. The topological polar surface area (TPSA) is 81.2 Å². The van der Waals surface area contributed by atoms with Crippen molar-refractivity contribution in [2.75, 3.05) is 12.9 Å². The Balaban J connectivity index is 1.75. The standard InChI is InChI=1S/C22H26N2O4S/c1-24-11-9-17-19(14-23-21(17)22(24)25)18-13-16(29(2,26)27)7-8-20(18)28-12-10-15-5-3-4-6-15/h7-9,11,13-15,23H,3-6,10,12H2,1-2H3. The van der Waals surface area contributed by atoms with E-state index >= 15 is 0 Å². The van der Waals surface area contributed by atoms with Gasteiger partial charge in [-0.05, 0) is 36.6 Å². The molecule has 3 aromatic rings. The second kappa shape index (κ2) is 7.71. The van der Waals surface area contributed by atoms with Gasteiger partial charge in [0.25, 0.3) is 5.56 Å². The van der Waals surface area contributed by atoms with Crippen LogP contribution in [0, 0.1) is 5.92 Å². The highest BCUT2D eigenvalue weighted by molar-refractivity contribution is 7.90. The molecule has 1 aliphatic rings. The summed E-state index contributed by atoms with van der Waals surface area (Å²) in [5, 5.41) is 0.749. The number of nitrogens with one attached hydrogen (secondary N) is 1. The molecule has 1 aromatic carbocycles. The van der Waals surface area contributed by atoms with E-state index in [2.05, 4.69) is 4.98 Å². The fraction of sp³-hybridized carbons (Fsp3) is 0.409. The number of hydrogen-bond acceptors (Lipinski definition) is 4. The first-order valence-electron chi connectivity index (χ1n) is 9.98. The zero-order valence-electron chi connectivity index (χ0n) is 16.8. The van der Waals surface area contributed by atoms with Gasteiger partial charge in [0.1, 0.15) is 11.3 Å². The number of hydrogen-bond donors (Lipinski definition) is 1. The maximum atomic E-state index is 12.4. The van der Waals surface area contributed by atoms with Crippen molar-refractivity contribution in [3.63, 3.8) is 0 Å². The van der Waals surface area contributed by atoms with Crippen molar-refractivity contribution in [3.8, 4) is 16.9 Å². The molecule has 6 nitrogen and oxygen atoms in total. The third-order valence-electron chi connectivity index (χ3n) is 5.85. The lowest BCUT2D eigenvalue weighted by atomic mass is 10.0. The zero-order chi connectivity index (χ0) is 20.6. The van der Waals surface area contributed by atoms with E-state index in [1.54, 1.807) is 37.6 Å². The first-order valence-corrected chi connectivity index (χ1v) is 11.9. The molecular formula is C22H26N2O4S. The van der Waals surface area contributed by atoms with Gasteiger partial charge in [-0.25, -0.2) is 8.42 Å². The predicted octanol–water partition coefficient (Wildman–Crippen LogP) is 3.90. The molecule has 0 unspecified atom stereocenters. The Kier molecular flexibility index (Phi) is 5.25. The Hall–Kier alpha value is -2.54. The molecule has 1 N–H and O–H groups in total. The highest BCUT2D eigenvalue weighted by atomic mass is 32.2. The average molecular weight is 415 g/mol. The molecule has 0 saturated heterocycles. The van der Waals surface area contributed by atoms with Crippen molar-refractivity contribution in [3.05, 3.63) is 47.0 Å². The first-order chi connectivity index (χ1) is 13.8. The Labute approximate surface area is 170 Å². The Morgan fingerprint density at radius 3 is 2.66 bits per heavy atom. The smallest absolute Gasteiger partial charge is 0.274 e. The van der Waals surface area contributed by atoms with E-state index in [0.717, 1.165) is 17.4 Å². The lowest BCUT2D eigenvalue weighted by molar-refractivity contribution is 0.280. The summed E-state index contributed by atoms with van der Waals surface area (Å²) in [6.45, 7) is 0.597. The average Bonchev–Trinajstić information content (AvgIpc) is 3.34. The Morgan fingerprint density at radius 2 is 1.93 bits per heavy atom. The molecule has 4 rings (SSSR count). The van der Waals surface area contributed by atoms with E-state index in [1.807, 2.05) is 6.07 Å². The fourth-order valence-electron chi connectivity index (χ4n) is 4.15. The van der Waals surface area contributed by atoms with Gasteiger partial charge in [-0.2, -0.15) is 0 Å². The van der Waals surface area contributed by atoms with E-state index in [0.29, 0.717) is 29.4 Å². The van der Waals surface area contributed by atoms with Crippen LogP contribution >= 0.6 is 0 Å². The van der Waals surface area contributed by atoms with E-state index in [-0.39, 0.29) is 10.5 Å². The van der Waals surface area contributed by atoms with Crippen molar-refractivity contribution in [1.29, 1.82) is 0 Å². The number of aromatic nitrogens is 2. The molecule has 0 bridgehead atoms. The number of rotatable bonds is 6. The number of benzene rings is 1. The number of pyridine rings is 1. The van der Waals surface area contributed by atoms with Gasteiger partial charge in [-0.1, -0.05) is 25.7 Å². The van der Waals surface area contributed by atoms with Gasteiger partial charge in [0.15, 0.2) is 9.84 Å². The molecule has 1 fully saturated rings. The quantitative estimate of drug-likeness (QED) is 0.663. The lowest BCUT2D eigenvalue weighted by Gasteiger charge is -2.15. The normalized spacial score (nSPS) is 15.2. The number of ether oxygens (including phenoxy) is 1. The van der Waals surface area contributed by atoms with Gasteiger partial charge in [-0.15, -0.1) is 0 Å². The molecule has 0 spiro atoms. The molecule has 0 aliphatic heterocycles. The van der Waals surface area contributed by atoms with E-state index in [9.17, 15) is 13.2 Å². The largest absolute Gasteiger partial charge is 0.493 e. The minimum absolute atomic E-state index is 0.128. The van der Waals surface area contributed by atoms with Crippen LogP contribution in [0.15, 0.2) is 46.3 Å². The summed E-state index contributed by atoms with van der Waals surface area (Å²) in [6, 6.07) is 6.80. The molecule has 1 aliphatic carbocycles. The van der Waals surface area contributed by atoms with Gasteiger partial charge in [0.2, 0.25) is 0 Å². The van der Waals surface area contributed by atoms with Crippen LogP contribution < -0.4 is 10.3 Å². The molecule has 2 heterocycles. The molecule has 7 heteroatoms. The Bertz CT molecular complexity index is 1200. The van der Waals surface area contributed by atoms with Crippen LogP contribution in [0.3, 0.4) is 0 Å². The molecule has 1 saturated carbocycles. The third-order valence-corrected chi connectivity index (χ3v) is 6.96. The van der Waals surface area contributed by atoms with Crippen molar-refractivity contribution in [1.82, 2.24) is 9.55 Å². The summed E-state index contributed by atoms with van der Waals surface area (Å²) in [5.74, 6) is 1.35. The molecule has 0 amide bonds. The fourth-order valence-corrected chi connectivity index (χ4v) is 4.80. The Morgan fingerprint density at radius 1 is 1.17 bits per heavy atom. The van der Waals surface area contributed by atoms with Gasteiger partial charge >= 0.3 is 0 Å². The number of aromatic amines is 1. The van der Waals surface area contributed by atoms with Crippen molar-refractivity contribution in [2.24, 2.45) is 13.0 Å². The second-order valence-corrected chi connectivity index (χ2v) is 9.96. The van der Waals surface area contributed by atoms with Crippen molar-refractivity contribution in [2.45, 2.75) is 37.0 Å². The van der Waals surface area contributed by atoms with E-state index in [4.69, 9.17) is 4.74 Å². The molecule has 0 atom stereocenters. The van der Waals surface area contributed by atoms with Crippen LogP contribution in [0.1, 0.15) is 32.1 Å². The van der Waals surface area contributed by atoms with Crippen LogP contribution in [0.25, 0.3) is 22.0 Å². The highest BCUT2D eigenvalue weighted by Gasteiger charge is 2.19. The number of fused-ring (bicyclic) bond motifs is 1. The maximum Gasteiger partial charge on any atom is 0.274 e. The van der Waals surface area contributed by atoms with Gasteiger partial charge in [0.05, 0.1) is 11.5 Å². The van der Waals surface area contributed by atoms with Crippen molar-refractivity contribution < 1.29 is 13.2 Å². The van der Waals surface area contributed by atoms with Crippen LogP contribution in [0.5, 0.6) is 5.75 Å². The minimum Gasteiger partial charge on any atom is -0.493 e. The SMILES string of the molecule is Cn1ccc2c(-c3cc(S(C)(=O)=O)ccc3OCCC3CCCC3)c[nH]c2c1=O. The van der Waals surface area contributed by atoms with Gasteiger partial charge in [-0.3, -0.25) is 4.79 Å². The summed E-state index contributed by atoms with van der Waals surface area (Å²) in [7, 11) is -1.67. The number of aryl methyl sites for hydroxylation is 1. The van der Waals surface area contributed by atoms with E-state index < -0.39 is 9.84 Å². The summed E-state index contributed by atoms with van der Waals surface area (Å²) in [6.07, 6.45) is 10.8. The molecule has 154 valence electrons. The predicted molar refractivity (Wildman–Crippen MR) is 114 cm³/mol. The number of sulfone groups is 1. The van der Waals surface area contributed by atoms with Crippen LogP contribution in [0.2, 0.25) is 0 Å². The minimum atomic E-state index is -3.37. The summed E-state index contributed by atoms with van der Waals surface area (Å²) in [5.41, 5.74) is 1.81. The monoisotopic (exact) mass is 414 g/mol. The van der Waals surface area contributed by atoms with Crippen LogP contribution in [0.4, 0.5) is 0 Å². The van der Waals surface area contributed by atoms with Crippen LogP contribution in [-0.4, -0.2) is 30.8 Å². The maximum absolute atomic E-state index is 12.4. The summed E-state index contributed by atoms with van der Waals surface area (Å²) < 4.78 is 31.8. The summed E-state index contributed by atoms with van der Waals surface area (Å²) >= 11 is 0. The second-order valence-electron chi connectivity index (χ2n) is 7.94. The zero-order valence-corrected chi connectivity index (χ0v) is 17.6. The number of H-pyrrole nitrogens is 1. The first kappa shape index (κ1) is 19.8. The van der Waals surface area contributed by atoms with Gasteiger partial charge in [0, 0.05) is 42.2 Å². The van der Waals surface area contributed by atoms with Gasteiger partial charge < -0.3 is 14.3 Å². The lowest BCUT2D eigenvalue weighted by Crippen LogP contribution is -2.15. The molecular weight excluding hydrogens is 388 g/mol. The third kappa shape index (κ3) is 3.96. The molecule has 2 aromatic heterocycles. The summed E-state index contributed by atoms with van der Waals surface area (Å²) in [4.78, 5) is 15.7. The van der Waals surface area contributed by atoms with E-state index in [1.165, 1.54) is 36.5 Å². The highest BCUT2D eigenvalue weighted by Crippen LogP contribution is 2.37. The van der Waals surface area contributed by atoms with Crippen LogP contribution in [-0.2, 0) is 16.9 Å². The molecule has 29 heavy (non-hydrogen) atoms. The van der Waals surface area contributed by atoms with Crippen molar-refractivity contribution >= 4 is 20.7 Å².